The number of benzene rings is 1. The lowest BCUT2D eigenvalue weighted by Gasteiger charge is -2.04. The van der Waals surface area contributed by atoms with Gasteiger partial charge in [-0.3, -0.25) is 0 Å². The van der Waals surface area contributed by atoms with Crippen LogP contribution in [0.3, 0.4) is 0 Å². The fourth-order valence-electron chi connectivity index (χ4n) is 1.62. The van der Waals surface area contributed by atoms with E-state index in [-0.39, 0.29) is 24.4 Å². The van der Waals surface area contributed by atoms with Crippen molar-refractivity contribution in [3.05, 3.63) is 53.6 Å². The van der Waals surface area contributed by atoms with Gasteiger partial charge in [0.05, 0.1) is 19.5 Å². The highest BCUT2D eigenvalue weighted by Crippen LogP contribution is 2.13. The van der Waals surface area contributed by atoms with E-state index in [2.05, 4.69) is 4.98 Å². The topological polar surface area (TPSA) is 44.1 Å². The molecule has 0 aliphatic heterocycles. The van der Waals surface area contributed by atoms with E-state index in [1.165, 1.54) is 29.2 Å². The fraction of sp³-hybridized carbons (Fsp3) is 0.231. The summed E-state index contributed by atoms with van der Waals surface area (Å²) in [5.41, 5.74) is 0.325. The second kappa shape index (κ2) is 5.60. The Morgan fingerprint density at radius 1 is 1.42 bits per heavy atom. The Morgan fingerprint density at radius 2 is 2.21 bits per heavy atom. The molecule has 0 bridgehead atoms. The van der Waals surface area contributed by atoms with Gasteiger partial charge in [0.25, 0.3) is 0 Å². The third-order valence-electron chi connectivity index (χ3n) is 2.50. The standard InChI is InChI=1S/C13H12F2N2O2/c1-2-19-13(18)11-7-17(8-16-11)6-9-4-3-5-10(14)12(9)15/h3-5,7-8H,2,6H2,1H3. The molecule has 2 aromatic rings. The highest BCUT2D eigenvalue weighted by Gasteiger charge is 2.12. The van der Waals surface area contributed by atoms with E-state index in [1.54, 1.807) is 6.92 Å². The molecule has 1 aromatic heterocycles. The summed E-state index contributed by atoms with van der Waals surface area (Å²) >= 11 is 0. The van der Waals surface area contributed by atoms with Gasteiger partial charge in [-0.1, -0.05) is 12.1 Å². The Bertz CT molecular complexity index is 596. The van der Waals surface area contributed by atoms with Crippen molar-refractivity contribution in [2.24, 2.45) is 0 Å². The molecule has 4 nitrogen and oxygen atoms in total. The predicted octanol–water partition coefficient (Wildman–Crippen LogP) is 2.39. The van der Waals surface area contributed by atoms with E-state index >= 15 is 0 Å². The van der Waals surface area contributed by atoms with Crippen molar-refractivity contribution in [3.63, 3.8) is 0 Å². The molecule has 100 valence electrons. The van der Waals surface area contributed by atoms with Crippen molar-refractivity contribution >= 4 is 5.97 Å². The van der Waals surface area contributed by atoms with Crippen LogP contribution in [0.25, 0.3) is 0 Å². The lowest BCUT2D eigenvalue weighted by Crippen LogP contribution is -2.05. The monoisotopic (exact) mass is 266 g/mol. The molecule has 6 heteroatoms. The summed E-state index contributed by atoms with van der Waals surface area (Å²) < 4.78 is 32.8. The molecule has 0 spiro atoms. The number of halogens is 2. The SMILES string of the molecule is CCOC(=O)c1cn(Cc2cccc(F)c2F)cn1. The van der Waals surface area contributed by atoms with Crippen LogP contribution < -0.4 is 0 Å². The van der Waals surface area contributed by atoms with Crippen LogP contribution in [0.2, 0.25) is 0 Å². The molecule has 0 fully saturated rings. The first-order chi connectivity index (χ1) is 9.11. The van der Waals surface area contributed by atoms with Crippen LogP contribution in [-0.4, -0.2) is 22.1 Å². The number of carbonyl (C=O) groups is 1. The normalized spacial score (nSPS) is 10.5. The quantitative estimate of drug-likeness (QED) is 0.798. The van der Waals surface area contributed by atoms with Crippen LogP contribution in [0.1, 0.15) is 23.0 Å². The highest BCUT2D eigenvalue weighted by atomic mass is 19.2. The molecule has 0 saturated heterocycles. The average Bonchev–Trinajstić information content (AvgIpc) is 2.84. The van der Waals surface area contributed by atoms with Gasteiger partial charge >= 0.3 is 5.97 Å². The summed E-state index contributed by atoms with van der Waals surface area (Å²) in [5, 5.41) is 0. The van der Waals surface area contributed by atoms with Crippen molar-refractivity contribution in [3.8, 4) is 0 Å². The summed E-state index contributed by atoms with van der Waals surface area (Å²) in [5.74, 6) is -2.34. The van der Waals surface area contributed by atoms with Gasteiger partial charge < -0.3 is 9.30 Å². The van der Waals surface area contributed by atoms with Gasteiger partial charge in [-0.25, -0.2) is 18.6 Å². The lowest BCUT2D eigenvalue weighted by atomic mass is 10.2. The summed E-state index contributed by atoms with van der Waals surface area (Å²) in [6.07, 6.45) is 2.80. The summed E-state index contributed by atoms with van der Waals surface area (Å²) in [6, 6.07) is 3.95. The number of hydrogen-bond acceptors (Lipinski definition) is 3. The molecule has 0 saturated carbocycles. The molecular formula is C13H12F2N2O2. The Hall–Kier alpha value is -2.24. The lowest BCUT2D eigenvalue weighted by molar-refractivity contribution is 0.0520. The molecule has 0 amide bonds. The summed E-state index contributed by atoms with van der Waals surface area (Å²) in [4.78, 5) is 15.3. The molecule has 2 rings (SSSR count). The first-order valence-electron chi connectivity index (χ1n) is 5.73. The van der Waals surface area contributed by atoms with Gasteiger partial charge in [0.15, 0.2) is 17.3 Å². The second-order valence-electron chi connectivity index (χ2n) is 3.86. The smallest absolute Gasteiger partial charge is 0.358 e. The number of aromatic nitrogens is 2. The van der Waals surface area contributed by atoms with Crippen LogP contribution in [0, 0.1) is 11.6 Å². The number of rotatable bonds is 4. The molecule has 19 heavy (non-hydrogen) atoms. The Labute approximate surface area is 108 Å². The maximum atomic E-state index is 13.5. The van der Waals surface area contributed by atoms with Crippen molar-refractivity contribution in [2.45, 2.75) is 13.5 Å². The number of hydrogen-bond donors (Lipinski definition) is 0. The molecule has 0 radical (unpaired) electrons. The molecule has 1 heterocycles. The zero-order valence-corrected chi connectivity index (χ0v) is 10.3. The second-order valence-corrected chi connectivity index (χ2v) is 3.86. The molecule has 0 unspecified atom stereocenters. The minimum absolute atomic E-state index is 0.0933. The molecule has 1 aromatic carbocycles. The van der Waals surface area contributed by atoms with Gasteiger partial charge in [-0.05, 0) is 13.0 Å². The minimum Gasteiger partial charge on any atom is -0.461 e. The van der Waals surface area contributed by atoms with Gasteiger partial charge in [-0.15, -0.1) is 0 Å². The van der Waals surface area contributed by atoms with Crippen molar-refractivity contribution in [2.75, 3.05) is 6.61 Å². The Balaban J connectivity index is 2.16. The zero-order valence-electron chi connectivity index (χ0n) is 10.3. The summed E-state index contributed by atoms with van der Waals surface area (Å²) in [7, 11) is 0. The number of esters is 1. The van der Waals surface area contributed by atoms with Crippen molar-refractivity contribution in [1.29, 1.82) is 0 Å². The predicted molar refractivity (Wildman–Crippen MR) is 63.6 cm³/mol. The third kappa shape index (κ3) is 2.96. The maximum Gasteiger partial charge on any atom is 0.358 e. The van der Waals surface area contributed by atoms with Crippen LogP contribution in [0.15, 0.2) is 30.7 Å². The van der Waals surface area contributed by atoms with Crippen LogP contribution in [0.5, 0.6) is 0 Å². The van der Waals surface area contributed by atoms with E-state index in [1.807, 2.05) is 0 Å². The zero-order chi connectivity index (χ0) is 13.8. The first-order valence-corrected chi connectivity index (χ1v) is 5.73. The highest BCUT2D eigenvalue weighted by molar-refractivity contribution is 5.86. The molecule has 0 N–H and O–H groups in total. The molecule has 0 atom stereocenters. The van der Waals surface area contributed by atoms with E-state index < -0.39 is 17.6 Å². The fourth-order valence-corrected chi connectivity index (χ4v) is 1.62. The van der Waals surface area contributed by atoms with Gasteiger partial charge in [-0.2, -0.15) is 0 Å². The van der Waals surface area contributed by atoms with E-state index in [9.17, 15) is 13.6 Å². The van der Waals surface area contributed by atoms with E-state index in [0.717, 1.165) is 6.07 Å². The van der Waals surface area contributed by atoms with Gasteiger partial charge in [0, 0.05) is 11.8 Å². The largest absolute Gasteiger partial charge is 0.461 e. The van der Waals surface area contributed by atoms with Crippen LogP contribution >= 0.6 is 0 Å². The number of ether oxygens (including phenoxy) is 1. The first kappa shape index (κ1) is 13.2. The molecular weight excluding hydrogens is 254 g/mol. The maximum absolute atomic E-state index is 13.5. The van der Waals surface area contributed by atoms with E-state index in [0.29, 0.717) is 0 Å². The van der Waals surface area contributed by atoms with Gasteiger partial charge in [0.2, 0.25) is 0 Å². The molecule has 0 aliphatic rings. The number of imidazole rings is 1. The van der Waals surface area contributed by atoms with Gasteiger partial charge in [0.1, 0.15) is 0 Å². The average molecular weight is 266 g/mol. The van der Waals surface area contributed by atoms with E-state index in [4.69, 9.17) is 4.74 Å². The van der Waals surface area contributed by atoms with Crippen molar-refractivity contribution < 1.29 is 18.3 Å². The third-order valence-corrected chi connectivity index (χ3v) is 2.50. The number of nitrogens with zero attached hydrogens (tertiary/aromatic N) is 2. The van der Waals surface area contributed by atoms with Crippen LogP contribution in [0.4, 0.5) is 8.78 Å². The minimum atomic E-state index is -0.900. The van der Waals surface area contributed by atoms with Crippen molar-refractivity contribution in [1.82, 2.24) is 9.55 Å². The molecule has 0 aliphatic carbocycles. The van der Waals surface area contributed by atoms with Crippen LogP contribution in [-0.2, 0) is 11.3 Å². The number of carbonyl (C=O) groups excluding carboxylic acids is 1. The Morgan fingerprint density at radius 3 is 2.95 bits per heavy atom. The summed E-state index contributed by atoms with van der Waals surface area (Å²) in [6.45, 7) is 2.04. The Kier molecular flexibility index (Phi) is 3.89.